The fourth-order valence-corrected chi connectivity index (χ4v) is 1.95. The van der Waals surface area contributed by atoms with Crippen molar-refractivity contribution in [1.29, 1.82) is 0 Å². The minimum Gasteiger partial charge on any atom is -0.366 e. The molecule has 1 aromatic rings. The number of nitrogens with two attached hydrogens (primary N) is 1. The van der Waals surface area contributed by atoms with Crippen LogP contribution in [0.2, 0.25) is 0 Å². The van der Waals surface area contributed by atoms with Gasteiger partial charge in [0.05, 0.1) is 0 Å². The van der Waals surface area contributed by atoms with Gasteiger partial charge in [0.2, 0.25) is 11.8 Å². The Kier molecular flexibility index (Phi) is 5.10. The van der Waals surface area contributed by atoms with Crippen molar-refractivity contribution < 1.29 is 4.79 Å². The molecule has 0 saturated heterocycles. The van der Waals surface area contributed by atoms with E-state index in [1.54, 1.807) is 0 Å². The van der Waals surface area contributed by atoms with Crippen LogP contribution in [0.4, 0.5) is 5.95 Å². The summed E-state index contributed by atoms with van der Waals surface area (Å²) in [6.45, 7) is 4.08. The Balaban J connectivity index is 2.33. The van der Waals surface area contributed by atoms with Gasteiger partial charge in [0.1, 0.15) is 0 Å². The van der Waals surface area contributed by atoms with Crippen LogP contribution in [0.1, 0.15) is 30.9 Å². The zero-order valence-electron chi connectivity index (χ0n) is 9.49. The molecule has 0 bridgehead atoms. The summed E-state index contributed by atoms with van der Waals surface area (Å²) < 4.78 is 0. The van der Waals surface area contributed by atoms with Crippen LogP contribution >= 0.6 is 11.8 Å². The molecule has 0 spiro atoms. The number of aromatic nitrogens is 3. The van der Waals surface area contributed by atoms with E-state index in [1.165, 1.54) is 0 Å². The molecule has 0 aliphatic rings. The Morgan fingerprint density at radius 3 is 3.00 bits per heavy atom. The number of nitrogens with zero attached hydrogens (tertiary/aromatic N) is 2. The van der Waals surface area contributed by atoms with Crippen LogP contribution in [0.5, 0.6) is 0 Å². The Labute approximate surface area is 98.8 Å². The number of aromatic amines is 1. The highest BCUT2D eigenvalue weighted by atomic mass is 32.2. The van der Waals surface area contributed by atoms with Gasteiger partial charge in [0, 0.05) is 6.04 Å². The van der Waals surface area contributed by atoms with Crippen molar-refractivity contribution in [3.05, 3.63) is 5.82 Å². The smallest absolute Gasteiger partial charge is 0.288 e. The molecule has 16 heavy (non-hydrogen) atoms. The Bertz CT molecular complexity index is 340. The van der Waals surface area contributed by atoms with Crippen LogP contribution in [-0.2, 0) is 0 Å². The molecule has 1 atom stereocenters. The molecule has 1 aromatic heterocycles. The Morgan fingerprint density at radius 2 is 2.44 bits per heavy atom. The van der Waals surface area contributed by atoms with Crippen LogP contribution in [0.3, 0.4) is 0 Å². The Morgan fingerprint density at radius 1 is 1.69 bits per heavy atom. The second-order valence-corrected chi connectivity index (χ2v) is 4.80. The number of thioether (sulfide) groups is 1. The molecule has 1 amide bonds. The second kappa shape index (κ2) is 6.37. The summed E-state index contributed by atoms with van der Waals surface area (Å²) in [7, 11) is 0. The standard InChI is InChI=1S/C9H17N5OS/c1-3-16-5-4-6(2)11-8(15)7-12-9(10)14-13-7/h6H,3-5H2,1-2H3,(H,11,15)(H3,10,12,13,14). The zero-order chi connectivity index (χ0) is 12.0. The molecule has 4 N–H and O–H groups in total. The molecule has 1 rings (SSSR count). The van der Waals surface area contributed by atoms with E-state index < -0.39 is 0 Å². The van der Waals surface area contributed by atoms with Crippen molar-refractivity contribution in [3.63, 3.8) is 0 Å². The van der Waals surface area contributed by atoms with E-state index in [2.05, 4.69) is 27.4 Å². The lowest BCUT2D eigenvalue weighted by molar-refractivity contribution is 0.0929. The van der Waals surface area contributed by atoms with Crippen molar-refractivity contribution in [1.82, 2.24) is 20.5 Å². The number of nitrogen functional groups attached to an aromatic ring is 1. The van der Waals surface area contributed by atoms with Gasteiger partial charge >= 0.3 is 0 Å². The number of rotatable bonds is 6. The third-order valence-electron chi connectivity index (χ3n) is 1.99. The van der Waals surface area contributed by atoms with E-state index in [1.807, 2.05) is 18.7 Å². The molecular formula is C9H17N5OS. The van der Waals surface area contributed by atoms with Crippen LogP contribution in [0, 0.1) is 0 Å². The summed E-state index contributed by atoms with van der Waals surface area (Å²) in [4.78, 5) is 15.3. The van der Waals surface area contributed by atoms with Crippen LogP contribution in [-0.4, -0.2) is 38.6 Å². The van der Waals surface area contributed by atoms with Crippen molar-refractivity contribution in [3.8, 4) is 0 Å². The van der Waals surface area contributed by atoms with Crippen molar-refractivity contribution >= 4 is 23.6 Å². The highest BCUT2D eigenvalue weighted by Gasteiger charge is 2.13. The maximum atomic E-state index is 11.6. The molecule has 0 aliphatic heterocycles. The van der Waals surface area contributed by atoms with Gasteiger partial charge in [-0.15, -0.1) is 5.10 Å². The van der Waals surface area contributed by atoms with Gasteiger partial charge in [-0.05, 0) is 24.9 Å². The second-order valence-electron chi connectivity index (χ2n) is 3.40. The summed E-state index contributed by atoms with van der Waals surface area (Å²) in [5.74, 6) is 2.11. The third-order valence-corrected chi connectivity index (χ3v) is 2.93. The molecule has 7 heteroatoms. The molecular weight excluding hydrogens is 226 g/mol. The molecule has 0 saturated carbocycles. The van der Waals surface area contributed by atoms with E-state index >= 15 is 0 Å². The van der Waals surface area contributed by atoms with Gasteiger partial charge in [-0.25, -0.2) is 0 Å². The minimum atomic E-state index is -0.266. The molecule has 1 unspecified atom stereocenters. The first-order valence-corrected chi connectivity index (χ1v) is 6.35. The number of nitrogens with one attached hydrogen (secondary N) is 2. The third kappa shape index (κ3) is 4.09. The SMILES string of the molecule is CCSCCC(C)NC(=O)c1nc(N)n[nH]1. The molecule has 1 heterocycles. The lowest BCUT2D eigenvalue weighted by Gasteiger charge is -2.11. The minimum absolute atomic E-state index is 0.0827. The van der Waals surface area contributed by atoms with E-state index in [0.29, 0.717) is 0 Å². The van der Waals surface area contributed by atoms with Crippen molar-refractivity contribution in [2.45, 2.75) is 26.3 Å². The van der Waals surface area contributed by atoms with Crippen molar-refractivity contribution in [2.75, 3.05) is 17.2 Å². The number of hydrogen-bond acceptors (Lipinski definition) is 5. The number of hydrogen-bond donors (Lipinski definition) is 3. The molecule has 6 nitrogen and oxygen atoms in total. The van der Waals surface area contributed by atoms with Gasteiger partial charge in [-0.3, -0.25) is 9.89 Å². The molecule has 90 valence electrons. The monoisotopic (exact) mass is 243 g/mol. The normalized spacial score (nSPS) is 12.4. The molecule has 0 radical (unpaired) electrons. The van der Waals surface area contributed by atoms with Gasteiger partial charge in [-0.1, -0.05) is 6.92 Å². The fraction of sp³-hybridized carbons (Fsp3) is 0.667. The van der Waals surface area contributed by atoms with Crippen LogP contribution in [0.25, 0.3) is 0 Å². The Hall–Kier alpha value is -1.24. The summed E-state index contributed by atoms with van der Waals surface area (Å²) >= 11 is 1.86. The zero-order valence-corrected chi connectivity index (χ0v) is 10.3. The predicted octanol–water partition coefficient (Wildman–Crippen LogP) is 0.648. The van der Waals surface area contributed by atoms with Gasteiger partial charge in [0.15, 0.2) is 0 Å². The number of amides is 1. The maximum Gasteiger partial charge on any atom is 0.288 e. The van der Waals surface area contributed by atoms with Crippen LogP contribution < -0.4 is 11.1 Å². The summed E-state index contributed by atoms with van der Waals surface area (Å²) in [6.07, 6.45) is 0.938. The van der Waals surface area contributed by atoms with Crippen LogP contribution in [0.15, 0.2) is 0 Å². The van der Waals surface area contributed by atoms with E-state index in [9.17, 15) is 4.79 Å². The number of anilines is 1. The first kappa shape index (κ1) is 12.8. The number of carbonyl (C=O) groups is 1. The first-order valence-electron chi connectivity index (χ1n) is 5.20. The summed E-state index contributed by atoms with van der Waals surface area (Å²) in [5.41, 5.74) is 5.31. The van der Waals surface area contributed by atoms with E-state index in [4.69, 9.17) is 5.73 Å². The maximum absolute atomic E-state index is 11.6. The highest BCUT2D eigenvalue weighted by Crippen LogP contribution is 2.04. The number of carbonyl (C=O) groups excluding carboxylic acids is 1. The first-order chi connectivity index (χ1) is 7.63. The fourth-order valence-electron chi connectivity index (χ4n) is 1.15. The molecule has 0 aliphatic carbocycles. The largest absolute Gasteiger partial charge is 0.366 e. The summed E-state index contributed by atoms with van der Waals surface area (Å²) in [5, 5.41) is 8.90. The number of H-pyrrole nitrogens is 1. The predicted molar refractivity (Wildman–Crippen MR) is 65.3 cm³/mol. The molecule has 0 aromatic carbocycles. The lowest BCUT2D eigenvalue weighted by Crippen LogP contribution is -2.33. The highest BCUT2D eigenvalue weighted by molar-refractivity contribution is 7.99. The van der Waals surface area contributed by atoms with Gasteiger partial charge in [-0.2, -0.15) is 16.7 Å². The van der Waals surface area contributed by atoms with E-state index in [0.717, 1.165) is 17.9 Å². The van der Waals surface area contributed by atoms with Crippen molar-refractivity contribution in [2.24, 2.45) is 0 Å². The average Bonchev–Trinajstić information content (AvgIpc) is 2.65. The summed E-state index contributed by atoms with van der Waals surface area (Å²) in [6, 6.07) is 0.123. The molecule has 0 fully saturated rings. The van der Waals surface area contributed by atoms with Gasteiger partial charge < -0.3 is 11.1 Å². The lowest BCUT2D eigenvalue weighted by atomic mass is 10.2. The van der Waals surface area contributed by atoms with E-state index in [-0.39, 0.29) is 23.7 Å². The quantitative estimate of drug-likeness (QED) is 0.637. The van der Waals surface area contributed by atoms with Gasteiger partial charge in [0.25, 0.3) is 5.91 Å². The topological polar surface area (TPSA) is 96.7 Å². The average molecular weight is 243 g/mol.